The van der Waals surface area contributed by atoms with Gasteiger partial charge in [-0.3, -0.25) is 0 Å². The first kappa shape index (κ1) is 14.9. The van der Waals surface area contributed by atoms with Crippen LogP contribution >= 0.6 is 11.5 Å². The van der Waals surface area contributed by atoms with Crippen molar-refractivity contribution in [2.45, 2.75) is 39.2 Å². The zero-order valence-corrected chi connectivity index (χ0v) is 12.9. The van der Waals surface area contributed by atoms with Crippen LogP contribution in [0, 0.1) is 6.92 Å². The van der Waals surface area contributed by atoms with Crippen LogP contribution in [0.5, 0.6) is 0 Å². The second-order valence-electron chi connectivity index (χ2n) is 5.00. The van der Waals surface area contributed by atoms with E-state index in [4.69, 9.17) is 5.73 Å². The molecule has 1 atom stereocenters. The van der Waals surface area contributed by atoms with Crippen LogP contribution in [-0.2, 0) is 6.42 Å². The molecule has 108 valence electrons. The fraction of sp³-hybridized carbons (Fsp3) is 0.467. The first-order valence-electron chi connectivity index (χ1n) is 7.05. The summed E-state index contributed by atoms with van der Waals surface area (Å²) in [6.07, 6.45) is 2.76. The summed E-state index contributed by atoms with van der Waals surface area (Å²) in [6.45, 7) is 5.08. The molecule has 1 unspecified atom stereocenters. The molecule has 0 aliphatic heterocycles. The summed E-state index contributed by atoms with van der Waals surface area (Å²) in [5, 5.41) is 4.18. The predicted molar refractivity (Wildman–Crippen MR) is 85.3 cm³/mol. The molecule has 5 heteroatoms. The molecule has 0 radical (unpaired) electrons. The Morgan fingerprint density at radius 1 is 1.35 bits per heavy atom. The molecule has 1 heterocycles. The Bertz CT molecular complexity index is 538. The number of anilines is 1. The summed E-state index contributed by atoms with van der Waals surface area (Å²) in [5.41, 5.74) is 8.45. The van der Waals surface area contributed by atoms with Gasteiger partial charge in [0.1, 0.15) is 5.82 Å². The van der Waals surface area contributed by atoms with Crippen molar-refractivity contribution in [3.8, 4) is 0 Å². The van der Waals surface area contributed by atoms with Crippen molar-refractivity contribution in [3.05, 3.63) is 41.2 Å². The topological polar surface area (TPSA) is 63.8 Å². The molecule has 0 spiro atoms. The van der Waals surface area contributed by atoms with Crippen molar-refractivity contribution in [2.24, 2.45) is 5.73 Å². The van der Waals surface area contributed by atoms with Crippen LogP contribution in [0.3, 0.4) is 0 Å². The van der Waals surface area contributed by atoms with Crippen LogP contribution in [0.25, 0.3) is 0 Å². The molecule has 0 saturated heterocycles. The van der Waals surface area contributed by atoms with Gasteiger partial charge in [0.2, 0.25) is 5.13 Å². The first-order chi connectivity index (χ1) is 9.69. The van der Waals surface area contributed by atoms with E-state index in [9.17, 15) is 0 Å². The molecular formula is C15H22N4S. The standard InChI is InChI=1S/C15H22N4S/c1-3-13(16)8-9-17-15-18-14(19-20-15)10-12-7-5-4-6-11(12)2/h4-7,13H,3,8-10,16H2,1-2H3,(H,17,18,19). The van der Waals surface area contributed by atoms with Crippen LogP contribution in [-0.4, -0.2) is 21.9 Å². The van der Waals surface area contributed by atoms with Gasteiger partial charge in [-0.1, -0.05) is 31.2 Å². The van der Waals surface area contributed by atoms with Crippen molar-refractivity contribution >= 4 is 16.7 Å². The SMILES string of the molecule is CCC(N)CCNc1nc(Cc2ccccc2C)ns1. The van der Waals surface area contributed by atoms with E-state index in [1.165, 1.54) is 22.7 Å². The molecule has 0 saturated carbocycles. The average Bonchev–Trinajstić information content (AvgIpc) is 2.89. The normalized spacial score (nSPS) is 12.3. The van der Waals surface area contributed by atoms with E-state index in [0.717, 1.165) is 36.8 Å². The van der Waals surface area contributed by atoms with Gasteiger partial charge in [0, 0.05) is 30.5 Å². The molecule has 0 bridgehead atoms. The third-order valence-electron chi connectivity index (χ3n) is 3.39. The van der Waals surface area contributed by atoms with Crippen LogP contribution in [0.15, 0.2) is 24.3 Å². The quantitative estimate of drug-likeness (QED) is 0.823. The summed E-state index contributed by atoms with van der Waals surface area (Å²) in [4.78, 5) is 4.52. The lowest BCUT2D eigenvalue weighted by Gasteiger charge is -2.07. The van der Waals surface area contributed by atoms with Crippen LogP contribution in [0.1, 0.15) is 36.7 Å². The van der Waals surface area contributed by atoms with Gasteiger partial charge in [-0.15, -0.1) is 0 Å². The lowest BCUT2D eigenvalue weighted by molar-refractivity contribution is 0.613. The molecule has 2 aromatic rings. The van der Waals surface area contributed by atoms with Gasteiger partial charge < -0.3 is 11.1 Å². The Kier molecular flexibility index (Phi) is 5.49. The highest BCUT2D eigenvalue weighted by atomic mass is 32.1. The zero-order chi connectivity index (χ0) is 14.4. The molecule has 20 heavy (non-hydrogen) atoms. The van der Waals surface area contributed by atoms with Gasteiger partial charge in [0.25, 0.3) is 0 Å². The van der Waals surface area contributed by atoms with E-state index in [1.807, 2.05) is 0 Å². The number of nitrogens with two attached hydrogens (primary N) is 1. The maximum Gasteiger partial charge on any atom is 0.202 e. The third-order valence-corrected chi connectivity index (χ3v) is 4.10. The highest BCUT2D eigenvalue weighted by Gasteiger charge is 2.07. The van der Waals surface area contributed by atoms with Crippen LogP contribution in [0.2, 0.25) is 0 Å². The summed E-state index contributed by atoms with van der Waals surface area (Å²) in [7, 11) is 0. The first-order valence-corrected chi connectivity index (χ1v) is 7.83. The molecule has 1 aromatic heterocycles. The van der Waals surface area contributed by atoms with Crippen molar-refractivity contribution in [2.75, 3.05) is 11.9 Å². The minimum atomic E-state index is 0.266. The Labute approximate surface area is 124 Å². The van der Waals surface area contributed by atoms with Crippen molar-refractivity contribution < 1.29 is 0 Å². The summed E-state index contributed by atoms with van der Waals surface area (Å²) < 4.78 is 4.41. The largest absolute Gasteiger partial charge is 0.360 e. The van der Waals surface area contributed by atoms with E-state index < -0.39 is 0 Å². The number of aryl methyl sites for hydroxylation is 1. The number of aromatic nitrogens is 2. The second-order valence-corrected chi connectivity index (χ2v) is 5.75. The minimum Gasteiger partial charge on any atom is -0.360 e. The molecule has 2 rings (SSSR count). The van der Waals surface area contributed by atoms with E-state index in [0.29, 0.717) is 0 Å². The smallest absolute Gasteiger partial charge is 0.202 e. The second kappa shape index (κ2) is 7.36. The molecule has 0 amide bonds. The summed E-state index contributed by atoms with van der Waals surface area (Å²) in [6, 6.07) is 8.62. The molecule has 0 aliphatic rings. The Hall–Kier alpha value is -1.46. The van der Waals surface area contributed by atoms with Crippen molar-refractivity contribution in [1.82, 2.24) is 9.36 Å². The Morgan fingerprint density at radius 2 is 2.15 bits per heavy atom. The molecular weight excluding hydrogens is 268 g/mol. The summed E-state index contributed by atoms with van der Waals surface area (Å²) in [5.74, 6) is 0.881. The number of hydrogen-bond donors (Lipinski definition) is 2. The molecule has 0 fully saturated rings. The highest BCUT2D eigenvalue weighted by Crippen LogP contribution is 2.16. The van der Waals surface area contributed by atoms with Crippen molar-refractivity contribution in [3.63, 3.8) is 0 Å². The van der Waals surface area contributed by atoms with Crippen LogP contribution in [0.4, 0.5) is 5.13 Å². The lowest BCUT2D eigenvalue weighted by atomic mass is 10.1. The van der Waals surface area contributed by atoms with Crippen molar-refractivity contribution in [1.29, 1.82) is 0 Å². The van der Waals surface area contributed by atoms with Gasteiger partial charge in [-0.05, 0) is 30.9 Å². The minimum absolute atomic E-state index is 0.266. The van der Waals surface area contributed by atoms with Gasteiger partial charge in [-0.25, -0.2) is 4.98 Å². The fourth-order valence-corrected chi connectivity index (χ4v) is 2.55. The maximum absolute atomic E-state index is 5.89. The van der Waals surface area contributed by atoms with Crippen LogP contribution < -0.4 is 11.1 Å². The fourth-order valence-electron chi connectivity index (χ4n) is 1.94. The number of nitrogens with zero attached hydrogens (tertiary/aromatic N) is 2. The zero-order valence-electron chi connectivity index (χ0n) is 12.1. The highest BCUT2D eigenvalue weighted by molar-refractivity contribution is 7.09. The van der Waals surface area contributed by atoms with Gasteiger partial charge in [-0.2, -0.15) is 4.37 Å². The number of hydrogen-bond acceptors (Lipinski definition) is 5. The van der Waals surface area contributed by atoms with Gasteiger partial charge in [0.05, 0.1) is 0 Å². The predicted octanol–water partition coefficient (Wildman–Crippen LogP) is 2.98. The number of rotatable bonds is 7. The summed E-state index contributed by atoms with van der Waals surface area (Å²) >= 11 is 1.42. The molecule has 4 nitrogen and oxygen atoms in total. The molecule has 3 N–H and O–H groups in total. The van der Waals surface area contributed by atoms with Gasteiger partial charge in [0.15, 0.2) is 0 Å². The monoisotopic (exact) mass is 290 g/mol. The average molecular weight is 290 g/mol. The van der Waals surface area contributed by atoms with E-state index in [1.54, 1.807) is 0 Å². The van der Waals surface area contributed by atoms with E-state index >= 15 is 0 Å². The molecule has 0 aliphatic carbocycles. The van der Waals surface area contributed by atoms with E-state index in [2.05, 4.69) is 52.8 Å². The Balaban J connectivity index is 1.88. The Morgan fingerprint density at radius 3 is 2.90 bits per heavy atom. The van der Waals surface area contributed by atoms with Gasteiger partial charge >= 0.3 is 0 Å². The van der Waals surface area contributed by atoms with E-state index in [-0.39, 0.29) is 6.04 Å². The molecule has 1 aromatic carbocycles. The number of nitrogens with one attached hydrogen (secondary N) is 1. The maximum atomic E-state index is 5.89. The third kappa shape index (κ3) is 4.28. The number of benzene rings is 1. The lowest BCUT2D eigenvalue weighted by Crippen LogP contribution is -2.22.